The molecule has 0 saturated carbocycles. The van der Waals surface area contributed by atoms with Gasteiger partial charge in [0.05, 0.1) is 12.1 Å². The second kappa shape index (κ2) is 12.0. The van der Waals surface area contributed by atoms with Crippen LogP contribution in [0.25, 0.3) is 0 Å². The van der Waals surface area contributed by atoms with Crippen molar-refractivity contribution in [3.8, 4) is 0 Å². The van der Waals surface area contributed by atoms with Crippen molar-refractivity contribution in [2.24, 2.45) is 10.9 Å². The minimum absolute atomic E-state index is 0.0146. The van der Waals surface area contributed by atoms with E-state index in [1.807, 2.05) is 28.0 Å². The fourth-order valence-electron chi connectivity index (χ4n) is 5.32. The van der Waals surface area contributed by atoms with Gasteiger partial charge in [0, 0.05) is 42.6 Å². The molecule has 2 aliphatic rings. The summed E-state index contributed by atoms with van der Waals surface area (Å²) in [7, 11) is 0. The summed E-state index contributed by atoms with van der Waals surface area (Å²) >= 11 is 6.30. The van der Waals surface area contributed by atoms with E-state index in [-0.39, 0.29) is 17.6 Å². The number of carbonyl (C=O) groups is 3. The van der Waals surface area contributed by atoms with Gasteiger partial charge in [-0.25, -0.2) is 14.6 Å². The van der Waals surface area contributed by atoms with E-state index < -0.39 is 24.0 Å². The van der Waals surface area contributed by atoms with E-state index in [4.69, 9.17) is 16.3 Å². The number of carbonyl (C=O) groups excluding carboxylic acids is 3. The third-order valence-electron chi connectivity index (χ3n) is 7.36. The molecular formula is C31H39ClN4O4. The number of benzene rings is 2. The molecule has 1 fully saturated rings. The zero-order valence-electron chi connectivity index (χ0n) is 24.2. The van der Waals surface area contributed by atoms with Crippen LogP contribution in [0.1, 0.15) is 65.1 Å². The minimum Gasteiger partial charge on any atom is -0.462 e. The predicted octanol–water partition coefficient (Wildman–Crippen LogP) is 6.48. The lowest BCUT2D eigenvalue weighted by Crippen LogP contribution is -2.48. The monoisotopic (exact) mass is 566 g/mol. The number of anilines is 1. The molecule has 8 nitrogen and oxygen atoms in total. The first-order valence-electron chi connectivity index (χ1n) is 13.9. The lowest BCUT2D eigenvalue weighted by atomic mass is 9.86. The Morgan fingerprint density at radius 3 is 2.48 bits per heavy atom. The number of nitrogens with zero attached hydrogens (tertiary/aromatic N) is 4. The third kappa shape index (κ3) is 6.49. The molecule has 4 rings (SSSR count). The fourth-order valence-corrected chi connectivity index (χ4v) is 5.52. The van der Waals surface area contributed by atoms with Crippen LogP contribution >= 0.6 is 11.6 Å². The number of aliphatic imine (C=N–C) groups is 1. The summed E-state index contributed by atoms with van der Waals surface area (Å²) < 4.78 is 5.56. The molecular weight excluding hydrogens is 528 g/mol. The molecule has 0 N–H and O–H groups in total. The topological polar surface area (TPSA) is 82.5 Å². The van der Waals surface area contributed by atoms with Gasteiger partial charge < -0.3 is 14.5 Å². The molecule has 0 radical (unpaired) electrons. The maximum Gasteiger partial charge on any atom is 0.344 e. The normalized spacial score (nSPS) is 19.9. The number of hydrogen-bond donors (Lipinski definition) is 0. The number of hydrogen-bond acceptors (Lipinski definition) is 4. The van der Waals surface area contributed by atoms with E-state index >= 15 is 0 Å². The van der Waals surface area contributed by atoms with Crippen LogP contribution in [0.4, 0.5) is 15.3 Å². The summed E-state index contributed by atoms with van der Waals surface area (Å²) in [6, 6.07) is 14.3. The molecule has 9 heteroatoms. The summed E-state index contributed by atoms with van der Waals surface area (Å²) in [6.07, 6.45) is 0.227. The van der Waals surface area contributed by atoms with Crippen LogP contribution in [-0.2, 0) is 14.9 Å². The van der Waals surface area contributed by atoms with Crippen LogP contribution < -0.4 is 4.90 Å². The van der Waals surface area contributed by atoms with Crippen molar-refractivity contribution in [3.05, 3.63) is 64.7 Å². The number of urea groups is 2. The average Bonchev–Trinajstić information content (AvgIpc) is 3.24. The Morgan fingerprint density at radius 2 is 1.80 bits per heavy atom. The standard InChI is InChI=1S/C31H39ClN4O4/c1-20(2)40-28(37)26-21(3)33-29(38)36(27(26)22-10-7-12-24(32)18-22)15-9-14-34-16-17-35(30(34)39)25-13-8-11-23(19-25)31(4,5)6/h7-8,10-13,18-20,26-27H,9,14-17H2,1-6H3. The lowest BCUT2D eigenvalue weighted by Gasteiger charge is -2.39. The maximum atomic E-state index is 13.3. The van der Waals surface area contributed by atoms with Crippen molar-refractivity contribution >= 4 is 41.0 Å². The smallest absolute Gasteiger partial charge is 0.344 e. The Bertz CT molecular complexity index is 1300. The number of esters is 1. The highest BCUT2D eigenvalue weighted by Crippen LogP contribution is 2.36. The largest absolute Gasteiger partial charge is 0.462 e. The number of amides is 4. The summed E-state index contributed by atoms with van der Waals surface area (Å²) in [4.78, 5) is 49.1. The van der Waals surface area contributed by atoms with E-state index in [1.165, 1.54) is 5.56 Å². The predicted molar refractivity (Wildman–Crippen MR) is 158 cm³/mol. The SMILES string of the molecule is CC1=NC(=O)N(CCCN2CCN(c3cccc(C(C)(C)C)c3)C2=O)C(c2cccc(Cl)c2)C1C(=O)OC(C)C. The van der Waals surface area contributed by atoms with Crippen LogP contribution in [0.5, 0.6) is 0 Å². The Labute approximate surface area is 241 Å². The van der Waals surface area contributed by atoms with E-state index in [0.717, 1.165) is 11.3 Å². The molecule has 2 heterocycles. The Hall–Kier alpha value is -3.39. The number of rotatable bonds is 8. The molecule has 2 unspecified atom stereocenters. The zero-order valence-corrected chi connectivity index (χ0v) is 24.9. The van der Waals surface area contributed by atoms with Gasteiger partial charge in [-0.15, -0.1) is 0 Å². The van der Waals surface area contributed by atoms with Crippen LogP contribution in [0.3, 0.4) is 0 Å². The third-order valence-corrected chi connectivity index (χ3v) is 7.60. The summed E-state index contributed by atoms with van der Waals surface area (Å²) in [5.74, 6) is -1.18. The van der Waals surface area contributed by atoms with Gasteiger partial charge in [-0.3, -0.25) is 9.69 Å². The summed E-state index contributed by atoms with van der Waals surface area (Å²) in [5, 5.41) is 0.513. The summed E-state index contributed by atoms with van der Waals surface area (Å²) in [5.41, 5.74) is 3.21. The first-order chi connectivity index (χ1) is 18.9. The molecule has 1 saturated heterocycles. The maximum absolute atomic E-state index is 13.3. The van der Waals surface area contributed by atoms with E-state index in [2.05, 4.69) is 37.9 Å². The van der Waals surface area contributed by atoms with Crippen LogP contribution in [0.2, 0.25) is 5.02 Å². The Balaban J connectivity index is 1.50. The van der Waals surface area contributed by atoms with Gasteiger partial charge in [0.25, 0.3) is 0 Å². The molecule has 2 aromatic rings. The van der Waals surface area contributed by atoms with Gasteiger partial charge in [0.2, 0.25) is 0 Å². The highest BCUT2D eigenvalue weighted by Gasteiger charge is 2.43. The van der Waals surface area contributed by atoms with Gasteiger partial charge in [-0.1, -0.05) is 56.6 Å². The fraction of sp³-hybridized carbons (Fsp3) is 0.484. The molecule has 2 aliphatic heterocycles. The number of halogens is 1. The highest BCUT2D eigenvalue weighted by molar-refractivity contribution is 6.30. The van der Waals surface area contributed by atoms with Crippen LogP contribution in [0, 0.1) is 5.92 Å². The van der Waals surface area contributed by atoms with Gasteiger partial charge in [-0.05, 0) is 68.0 Å². The van der Waals surface area contributed by atoms with Crippen molar-refractivity contribution in [1.29, 1.82) is 0 Å². The van der Waals surface area contributed by atoms with Gasteiger partial charge >= 0.3 is 18.0 Å². The van der Waals surface area contributed by atoms with Gasteiger partial charge in [-0.2, -0.15) is 0 Å². The van der Waals surface area contributed by atoms with Crippen molar-refractivity contribution in [3.63, 3.8) is 0 Å². The Kier molecular flexibility index (Phi) is 8.88. The first-order valence-corrected chi connectivity index (χ1v) is 14.2. The molecule has 4 amide bonds. The first kappa shape index (κ1) is 29.6. The highest BCUT2D eigenvalue weighted by atomic mass is 35.5. The van der Waals surface area contributed by atoms with Crippen molar-refractivity contribution in [2.75, 3.05) is 31.1 Å². The van der Waals surface area contributed by atoms with E-state index in [0.29, 0.717) is 43.3 Å². The van der Waals surface area contributed by atoms with E-state index in [1.54, 1.807) is 43.9 Å². The number of ether oxygens (including phenoxy) is 1. The minimum atomic E-state index is -0.752. The molecule has 0 aliphatic carbocycles. The average molecular weight is 567 g/mol. The molecule has 2 atom stereocenters. The quantitative estimate of drug-likeness (QED) is 0.343. The van der Waals surface area contributed by atoms with Gasteiger partial charge in [0.15, 0.2) is 0 Å². The van der Waals surface area contributed by atoms with Crippen molar-refractivity contribution in [1.82, 2.24) is 9.80 Å². The van der Waals surface area contributed by atoms with E-state index in [9.17, 15) is 14.4 Å². The van der Waals surface area contributed by atoms with Crippen molar-refractivity contribution < 1.29 is 19.1 Å². The molecule has 214 valence electrons. The molecule has 0 spiro atoms. The van der Waals surface area contributed by atoms with Gasteiger partial charge in [0.1, 0.15) is 5.92 Å². The Morgan fingerprint density at radius 1 is 1.07 bits per heavy atom. The lowest BCUT2D eigenvalue weighted by molar-refractivity contribution is -0.151. The molecule has 40 heavy (non-hydrogen) atoms. The molecule has 0 bridgehead atoms. The molecule has 0 aromatic heterocycles. The zero-order chi connectivity index (χ0) is 29.2. The second-order valence-corrected chi connectivity index (χ2v) is 12.2. The second-order valence-electron chi connectivity index (χ2n) is 11.8. The van der Waals surface area contributed by atoms with Crippen LogP contribution in [0.15, 0.2) is 53.5 Å². The summed E-state index contributed by atoms with van der Waals surface area (Å²) in [6.45, 7) is 13.7. The van der Waals surface area contributed by atoms with Crippen LogP contribution in [-0.4, -0.2) is 65.8 Å². The molecule has 2 aromatic carbocycles. The van der Waals surface area contributed by atoms with Crippen molar-refractivity contribution in [2.45, 2.75) is 65.5 Å².